The zero-order valence-corrected chi connectivity index (χ0v) is 17.3. The number of nitrogens with one attached hydrogen (secondary N) is 2. The number of halogens is 1. The highest BCUT2D eigenvalue weighted by Crippen LogP contribution is 2.17. The fourth-order valence-electron chi connectivity index (χ4n) is 3.47. The Morgan fingerprint density at radius 3 is 2.80 bits per heavy atom. The minimum absolute atomic E-state index is 0.212. The summed E-state index contributed by atoms with van der Waals surface area (Å²) in [6, 6.07) is 16.3. The van der Waals surface area contributed by atoms with Crippen LogP contribution in [-0.4, -0.2) is 56.6 Å². The third-order valence-electron chi connectivity index (χ3n) is 5.05. The van der Waals surface area contributed by atoms with Crippen LogP contribution in [0.4, 0.5) is 4.39 Å². The maximum Gasteiger partial charge on any atom is 0.223 e. The third-order valence-corrected chi connectivity index (χ3v) is 5.05. The summed E-state index contributed by atoms with van der Waals surface area (Å²) in [6.45, 7) is 3.11. The molecule has 1 heterocycles. The van der Waals surface area contributed by atoms with Crippen molar-refractivity contribution >= 4 is 11.9 Å². The van der Waals surface area contributed by atoms with Crippen LogP contribution in [0.25, 0.3) is 0 Å². The summed E-state index contributed by atoms with van der Waals surface area (Å²) >= 11 is 0. The van der Waals surface area contributed by atoms with Gasteiger partial charge in [-0.25, -0.2) is 4.39 Å². The molecule has 1 amide bonds. The summed E-state index contributed by atoms with van der Waals surface area (Å²) in [7, 11) is 1.70. The molecule has 1 fully saturated rings. The van der Waals surface area contributed by atoms with E-state index in [4.69, 9.17) is 4.74 Å². The molecule has 1 atom stereocenters. The van der Waals surface area contributed by atoms with Crippen LogP contribution in [-0.2, 0) is 11.2 Å². The molecule has 2 aromatic carbocycles. The van der Waals surface area contributed by atoms with E-state index in [1.807, 2.05) is 23.1 Å². The molecule has 30 heavy (non-hydrogen) atoms. The number of ether oxygens (including phenoxy) is 1. The van der Waals surface area contributed by atoms with Crippen molar-refractivity contribution in [2.45, 2.75) is 12.8 Å². The van der Waals surface area contributed by atoms with Crippen molar-refractivity contribution in [2.75, 3.05) is 39.8 Å². The summed E-state index contributed by atoms with van der Waals surface area (Å²) in [4.78, 5) is 18.4. The van der Waals surface area contributed by atoms with Gasteiger partial charge in [0, 0.05) is 45.1 Å². The number of hydrogen-bond donors (Lipinski definition) is 2. The number of rotatable bonds is 9. The Balaban J connectivity index is 1.34. The van der Waals surface area contributed by atoms with Gasteiger partial charge in [0.1, 0.15) is 18.2 Å². The maximum absolute atomic E-state index is 13.1. The number of aliphatic imine (C=N–C) groups is 1. The molecule has 3 rings (SSSR count). The van der Waals surface area contributed by atoms with E-state index in [0.29, 0.717) is 37.8 Å². The summed E-state index contributed by atoms with van der Waals surface area (Å²) < 4.78 is 18.7. The van der Waals surface area contributed by atoms with Gasteiger partial charge in [-0.2, -0.15) is 0 Å². The number of carbonyl (C=O) groups is 1. The minimum atomic E-state index is -0.318. The van der Waals surface area contributed by atoms with Gasteiger partial charge in [-0.05, 0) is 24.1 Å². The molecule has 2 N–H and O–H groups in total. The lowest BCUT2D eigenvalue weighted by Gasteiger charge is -2.18. The molecule has 1 aliphatic heterocycles. The third kappa shape index (κ3) is 6.76. The Morgan fingerprint density at radius 2 is 2.03 bits per heavy atom. The van der Waals surface area contributed by atoms with Crippen LogP contribution in [0.3, 0.4) is 0 Å². The molecule has 160 valence electrons. The van der Waals surface area contributed by atoms with Gasteiger partial charge in [0.2, 0.25) is 5.91 Å². The summed E-state index contributed by atoms with van der Waals surface area (Å²) in [5.74, 6) is 1.31. The minimum Gasteiger partial charge on any atom is -0.492 e. The standard InChI is InChI=1S/C23H29FN4O2/c1-25-23(26-11-13-30-21-9-5-8-20(24)15-21)27-16-19-14-22(29)28(17-19)12-10-18-6-3-2-4-7-18/h2-9,15,19H,10-14,16-17H2,1H3,(H2,25,26,27). The predicted molar refractivity (Wildman–Crippen MR) is 116 cm³/mol. The number of carbonyl (C=O) groups excluding carboxylic acids is 1. The van der Waals surface area contributed by atoms with Crippen LogP contribution in [0.15, 0.2) is 59.6 Å². The molecule has 7 heteroatoms. The number of guanidine groups is 1. The van der Waals surface area contributed by atoms with Gasteiger partial charge in [0.05, 0.1) is 6.54 Å². The van der Waals surface area contributed by atoms with E-state index in [9.17, 15) is 9.18 Å². The predicted octanol–water partition coefficient (Wildman–Crippen LogP) is 2.46. The Bertz CT molecular complexity index is 844. The fraction of sp³-hybridized carbons (Fsp3) is 0.391. The lowest BCUT2D eigenvalue weighted by atomic mass is 10.1. The molecule has 6 nitrogen and oxygen atoms in total. The lowest BCUT2D eigenvalue weighted by molar-refractivity contribution is -0.127. The highest BCUT2D eigenvalue weighted by molar-refractivity contribution is 5.80. The van der Waals surface area contributed by atoms with Gasteiger partial charge in [0.25, 0.3) is 0 Å². The molecule has 0 saturated carbocycles. The van der Waals surface area contributed by atoms with E-state index < -0.39 is 0 Å². The first-order chi connectivity index (χ1) is 14.6. The highest BCUT2D eigenvalue weighted by atomic mass is 19.1. The van der Waals surface area contributed by atoms with E-state index in [1.165, 1.54) is 17.7 Å². The van der Waals surface area contributed by atoms with Crippen molar-refractivity contribution in [2.24, 2.45) is 10.9 Å². The number of likely N-dealkylation sites (tertiary alicyclic amines) is 1. The average Bonchev–Trinajstić information content (AvgIpc) is 3.12. The van der Waals surface area contributed by atoms with Gasteiger partial charge in [-0.1, -0.05) is 36.4 Å². The number of benzene rings is 2. The van der Waals surface area contributed by atoms with Gasteiger partial charge in [-0.15, -0.1) is 0 Å². The van der Waals surface area contributed by atoms with Crippen molar-refractivity contribution in [1.29, 1.82) is 0 Å². The molecule has 0 radical (unpaired) electrons. The smallest absolute Gasteiger partial charge is 0.223 e. The van der Waals surface area contributed by atoms with Crippen LogP contribution >= 0.6 is 0 Å². The van der Waals surface area contributed by atoms with Crippen LogP contribution in [0.2, 0.25) is 0 Å². The Morgan fingerprint density at radius 1 is 1.20 bits per heavy atom. The van der Waals surface area contributed by atoms with Gasteiger partial charge < -0.3 is 20.3 Å². The summed E-state index contributed by atoms with van der Waals surface area (Å²) in [5.41, 5.74) is 1.25. The molecule has 1 aliphatic rings. The highest BCUT2D eigenvalue weighted by Gasteiger charge is 2.29. The largest absolute Gasteiger partial charge is 0.492 e. The quantitative estimate of drug-likeness (QED) is 0.377. The second kappa shape index (κ2) is 11.2. The van der Waals surface area contributed by atoms with Crippen LogP contribution in [0.1, 0.15) is 12.0 Å². The normalized spacial score (nSPS) is 16.6. The lowest BCUT2D eigenvalue weighted by Crippen LogP contribution is -2.41. The van der Waals surface area contributed by atoms with E-state index in [2.05, 4.69) is 27.8 Å². The number of amides is 1. The first kappa shape index (κ1) is 21.6. The van der Waals surface area contributed by atoms with Crippen molar-refractivity contribution in [3.63, 3.8) is 0 Å². The Labute approximate surface area is 177 Å². The van der Waals surface area contributed by atoms with Gasteiger partial charge in [-0.3, -0.25) is 9.79 Å². The molecular weight excluding hydrogens is 383 g/mol. The van der Waals surface area contributed by atoms with Crippen molar-refractivity contribution in [1.82, 2.24) is 15.5 Å². The second-order valence-electron chi connectivity index (χ2n) is 7.33. The zero-order chi connectivity index (χ0) is 21.2. The number of hydrogen-bond acceptors (Lipinski definition) is 3. The average molecular weight is 413 g/mol. The van der Waals surface area contributed by atoms with E-state index in [0.717, 1.165) is 19.5 Å². The SMILES string of the molecule is CN=C(NCCOc1cccc(F)c1)NCC1CC(=O)N(CCc2ccccc2)C1. The first-order valence-electron chi connectivity index (χ1n) is 10.3. The van der Waals surface area contributed by atoms with E-state index in [1.54, 1.807) is 19.2 Å². The molecule has 0 spiro atoms. The van der Waals surface area contributed by atoms with Crippen LogP contribution in [0, 0.1) is 11.7 Å². The van der Waals surface area contributed by atoms with Crippen LogP contribution < -0.4 is 15.4 Å². The van der Waals surface area contributed by atoms with Gasteiger partial charge in [0.15, 0.2) is 5.96 Å². The van der Waals surface area contributed by atoms with Crippen LogP contribution in [0.5, 0.6) is 5.75 Å². The zero-order valence-electron chi connectivity index (χ0n) is 17.3. The maximum atomic E-state index is 13.1. The molecule has 0 aromatic heterocycles. The van der Waals surface area contributed by atoms with Crippen molar-refractivity contribution < 1.29 is 13.9 Å². The number of nitrogens with zero attached hydrogens (tertiary/aromatic N) is 2. The Hall–Kier alpha value is -3.09. The fourth-order valence-corrected chi connectivity index (χ4v) is 3.47. The molecule has 0 aliphatic carbocycles. The second-order valence-corrected chi connectivity index (χ2v) is 7.33. The molecule has 1 unspecified atom stereocenters. The van der Waals surface area contributed by atoms with E-state index >= 15 is 0 Å². The van der Waals surface area contributed by atoms with Crippen molar-refractivity contribution in [3.05, 3.63) is 66.0 Å². The molecule has 2 aromatic rings. The van der Waals surface area contributed by atoms with E-state index in [-0.39, 0.29) is 17.6 Å². The topological polar surface area (TPSA) is 66.0 Å². The first-order valence-corrected chi connectivity index (χ1v) is 10.3. The van der Waals surface area contributed by atoms with Crippen molar-refractivity contribution in [3.8, 4) is 5.75 Å². The monoisotopic (exact) mass is 412 g/mol. The summed E-state index contributed by atoms with van der Waals surface area (Å²) in [6.07, 6.45) is 1.43. The molecule has 1 saturated heterocycles. The summed E-state index contributed by atoms with van der Waals surface area (Å²) in [5, 5.41) is 6.45. The molecule has 0 bridgehead atoms. The van der Waals surface area contributed by atoms with Gasteiger partial charge >= 0.3 is 0 Å². The Kier molecular flexibility index (Phi) is 8.06. The molecular formula is C23H29FN4O2.